The molecule has 1 N–H and O–H groups in total. The molecular formula is C14H22N2. The number of nitrogens with one attached hydrogen (secondary N) is 1. The zero-order valence-electron chi connectivity index (χ0n) is 10.3. The third kappa shape index (κ3) is 3.05. The van der Waals surface area contributed by atoms with Gasteiger partial charge in [-0.2, -0.15) is 0 Å². The van der Waals surface area contributed by atoms with Gasteiger partial charge in [0.25, 0.3) is 0 Å². The molecule has 1 aromatic rings. The first-order chi connectivity index (χ1) is 7.75. The smallest absolute Gasteiger partial charge is 0.0271 e. The second-order valence-electron chi connectivity index (χ2n) is 5.24. The summed E-state index contributed by atoms with van der Waals surface area (Å²) in [7, 11) is 0. The summed E-state index contributed by atoms with van der Waals surface area (Å²) in [5.74, 6) is 1.72. The van der Waals surface area contributed by atoms with Crippen LogP contribution in [0.4, 0.5) is 0 Å². The van der Waals surface area contributed by atoms with Crippen molar-refractivity contribution in [2.75, 3.05) is 0 Å². The van der Waals surface area contributed by atoms with E-state index < -0.39 is 0 Å². The van der Waals surface area contributed by atoms with Crippen molar-refractivity contribution in [3.63, 3.8) is 0 Å². The molecule has 3 unspecified atom stereocenters. The van der Waals surface area contributed by atoms with E-state index in [1.807, 2.05) is 12.4 Å². The van der Waals surface area contributed by atoms with Crippen LogP contribution in [0.2, 0.25) is 0 Å². The molecule has 0 aromatic carbocycles. The summed E-state index contributed by atoms with van der Waals surface area (Å²) in [5.41, 5.74) is 1.33. The van der Waals surface area contributed by atoms with E-state index in [0.29, 0.717) is 6.04 Å². The molecule has 0 radical (unpaired) electrons. The number of pyridine rings is 1. The maximum Gasteiger partial charge on any atom is 0.0271 e. The van der Waals surface area contributed by atoms with Crippen LogP contribution in [0, 0.1) is 11.8 Å². The van der Waals surface area contributed by atoms with Crippen LogP contribution in [0.1, 0.15) is 38.7 Å². The molecule has 3 atom stereocenters. The molecule has 1 fully saturated rings. The van der Waals surface area contributed by atoms with E-state index in [2.05, 4.69) is 36.3 Å². The van der Waals surface area contributed by atoms with Crippen molar-refractivity contribution < 1.29 is 0 Å². The summed E-state index contributed by atoms with van der Waals surface area (Å²) in [6.45, 7) is 5.72. The zero-order valence-corrected chi connectivity index (χ0v) is 10.3. The lowest BCUT2D eigenvalue weighted by Gasteiger charge is -2.33. The van der Waals surface area contributed by atoms with Crippen molar-refractivity contribution in [2.45, 2.75) is 45.7 Å². The summed E-state index contributed by atoms with van der Waals surface area (Å²) in [5, 5.41) is 3.68. The van der Waals surface area contributed by atoms with Crippen molar-refractivity contribution >= 4 is 0 Å². The lowest BCUT2D eigenvalue weighted by atomic mass is 9.80. The maximum absolute atomic E-state index is 4.04. The number of rotatable bonds is 3. The van der Waals surface area contributed by atoms with Crippen molar-refractivity contribution in [1.29, 1.82) is 0 Å². The molecule has 0 saturated heterocycles. The highest BCUT2D eigenvalue weighted by Gasteiger charge is 2.24. The van der Waals surface area contributed by atoms with Crippen LogP contribution < -0.4 is 5.32 Å². The highest BCUT2D eigenvalue weighted by Crippen LogP contribution is 2.28. The predicted octanol–water partition coefficient (Wildman–Crippen LogP) is 3.00. The average Bonchev–Trinajstić information content (AvgIpc) is 2.29. The Bertz CT molecular complexity index is 310. The molecule has 1 saturated carbocycles. The van der Waals surface area contributed by atoms with Gasteiger partial charge >= 0.3 is 0 Å². The van der Waals surface area contributed by atoms with E-state index >= 15 is 0 Å². The third-order valence-electron chi connectivity index (χ3n) is 3.75. The van der Waals surface area contributed by atoms with E-state index in [4.69, 9.17) is 0 Å². The fraction of sp³-hybridized carbons (Fsp3) is 0.643. The van der Waals surface area contributed by atoms with Crippen molar-refractivity contribution in [3.8, 4) is 0 Å². The number of aromatic nitrogens is 1. The van der Waals surface area contributed by atoms with Crippen LogP contribution in [0.15, 0.2) is 24.5 Å². The molecule has 1 aliphatic carbocycles. The van der Waals surface area contributed by atoms with Gasteiger partial charge in [-0.1, -0.05) is 13.8 Å². The van der Waals surface area contributed by atoms with Gasteiger partial charge in [0.2, 0.25) is 0 Å². The molecule has 2 heteroatoms. The van der Waals surface area contributed by atoms with Gasteiger partial charge in [0, 0.05) is 25.0 Å². The molecule has 0 spiro atoms. The lowest BCUT2D eigenvalue weighted by Crippen LogP contribution is -2.38. The Labute approximate surface area is 98.5 Å². The summed E-state index contributed by atoms with van der Waals surface area (Å²) in [6, 6.07) is 4.87. The normalized spacial score (nSPS) is 30.2. The molecule has 2 rings (SSSR count). The first-order valence-corrected chi connectivity index (χ1v) is 6.38. The van der Waals surface area contributed by atoms with Crippen molar-refractivity contribution in [2.24, 2.45) is 11.8 Å². The van der Waals surface area contributed by atoms with Crippen molar-refractivity contribution in [3.05, 3.63) is 30.1 Å². The molecule has 2 nitrogen and oxygen atoms in total. The van der Waals surface area contributed by atoms with Gasteiger partial charge in [-0.3, -0.25) is 4.98 Å². The molecule has 16 heavy (non-hydrogen) atoms. The second-order valence-corrected chi connectivity index (χ2v) is 5.24. The van der Waals surface area contributed by atoms with Crippen LogP contribution in [0.3, 0.4) is 0 Å². The molecule has 1 heterocycles. The third-order valence-corrected chi connectivity index (χ3v) is 3.75. The first-order valence-electron chi connectivity index (χ1n) is 6.38. The molecular weight excluding hydrogens is 196 g/mol. The average molecular weight is 218 g/mol. The quantitative estimate of drug-likeness (QED) is 0.843. The van der Waals surface area contributed by atoms with E-state index in [0.717, 1.165) is 18.4 Å². The topological polar surface area (TPSA) is 24.9 Å². The van der Waals surface area contributed by atoms with E-state index in [9.17, 15) is 0 Å². The largest absolute Gasteiger partial charge is 0.310 e. The Morgan fingerprint density at radius 1 is 1.25 bits per heavy atom. The number of hydrogen-bond acceptors (Lipinski definition) is 2. The standard InChI is InChI=1S/C14H22N2/c1-11-3-4-14(12(2)9-11)16-10-13-5-7-15-8-6-13/h5-8,11-12,14,16H,3-4,9-10H2,1-2H3. The monoisotopic (exact) mass is 218 g/mol. The fourth-order valence-corrected chi connectivity index (χ4v) is 2.72. The Morgan fingerprint density at radius 3 is 2.69 bits per heavy atom. The van der Waals surface area contributed by atoms with Crippen molar-refractivity contribution in [1.82, 2.24) is 10.3 Å². The summed E-state index contributed by atoms with van der Waals surface area (Å²) in [6.07, 6.45) is 7.80. The molecule has 1 aliphatic rings. The first kappa shape index (κ1) is 11.6. The van der Waals surface area contributed by atoms with Crippen LogP contribution in [0.5, 0.6) is 0 Å². The van der Waals surface area contributed by atoms with Crippen LogP contribution in [-0.4, -0.2) is 11.0 Å². The fourth-order valence-electron chi connectivity index (χ4n) is 2.72. The van der Waals surface area contributed by atoms with E-state index in [1.165, 1.54) is 24.8 Å². The summed E-state index contributed by atoms with van der Waals surface area (Å²) in [4.78, 5) is 4.04. The van der Waals surface area contributed by atoms with Gasteiger partial charge in [0.1, 0.15) is 0 Å². The molecule has 0 bridgehead atoms. The highest BCUT2D eigenvalue weighted by atomic mass is 14.9. The lowest BCUT2D eigenvalue weighted by molar-refractivity contribution is 0.227. The molecule has 0 aliphatic heterocycles. The SMILES string of the molecule is CC1CCC(NCc2ccncc2)C(C)C1. The molecule has 88 valence electrons. The van der Waals surface area contributed by atoms with Crippen LogP contribution in [0.25, 0.3) is 0 Å². The Kier molecular flexibility index (Phi) is 3.94. The Balaban J connectivity index is 1.82. The predicted molar refractivity (Wildman–Crippen MR) is 67.0 cm³/mol. The highest BCUT2D eigenvalue weighted by molar-refractivity contribution is 5.09. The van der Waals surface area contributed by atoms with Gasteiger partial charge in [0.05, 0.1) is 0 Å². The zero-order chi connectivity index (χ0) is 11.4. The van der Waals surface area contributed by atoms with Crippen LogP contribution >= 0.6 is 0 Å². The Morgan fingerprint density at radius 2 is 2.00 bits per heavy atom. The minimum absolute atomic E-state index is 0.698. The molecule has 1 aromatic heterocycles. The summed E-state index contributed by atoms with van der Waals surface area (Å²) < 4.78 is 0. The van der Waals surface area contributed by atoms with Gasteiger partial charge < -0.3 is 5.32 Å². The maximum atomic E-state index is 4.04. The van der Waals surface area contributed by atoms with Gasteiger partial charge in [-0.15, -0.1) is 0 Å². The van der Waals surface area contributed by atoms with E-state index in [1.54, 1.807) is 0 Å². The minimum atomic E-state index is 0.698. The van der Waals surface area contributed by atoms with Crippen LogP contribution in [-0.2, 0) is 6.54 Å². The second kappa shape index (κ2) is 5.44. The number of nitrogens with zero attached hydrogens (tertiary/aromatic N) is 1. The van der Waals surface area contributed by atoms with Gasteiger partial charge in [-0.25, -0.2) is 0 Å². The van der Waals surface area contributed by atoms with E-state index in [-0.39, 0.29) is 0 Å². The summed E-state index contributed by atoms with van der Waals surface area (Å²) >= 11 is 0. The Hall–Kier alpha value is -0.890. The van der Waals surface area contributed by atoms with Gasteiger partial charge in [-0.05, 0) is 48.8 Å². The molecule has 0 amide bonds. The number of hydrogen-bond donors (Lipinski definition) is 1. The minimum Gasteiger partial charge on any atom is -0.310 e. The van der Waals surface area contributed by atoms with Gasteiger partial charge in [0.15, 0.2) is 0 Å².